The molecule has 0 radical (unpaired) electrons. The number of methoxy groups -OCH3 is 1. The van der Waals surface area contributed by atoms with Crippen LogP contribution in [0.25, 0.3) is 11.0 Å². The van der Waals surface area contributed by atoms with E-state index in [1.54, 1.807) is 12.3 Å². The summed E-state index contributed by atoms with van der Waals surface area (Å²) >= 11 is 6.13. The van der Waals surface area contributed by atoms with E-state index in [9.17, 15) is 4.79 Å². The number of anilines is 1. The van der Waals surface area contributed by atoms with Crippen molar-refractivity contribution in [2.24, 2.45) is 0 Å². The Morgan fingerprint density at radius 1 is 1.17 bits per heavy atom. The monoisotopic (exact) mass is 409 g/mol. The normalized spacial score (nSPS) is 14.2. The first-order valence-electron chi connectivity index (χ1n) is 9.94. The van der Waals surface area contributed by atoms with Crippen LogP contribution in [0.2, 0.25) is 5.15 Å². The van der Waals surface area contributed by atoms with Gasteiger partial charge in [-0.15, -0.1) is 0 Å². The molecule has 0 aliphatic carbocycles. The maximum Gasteiger partial charge on any atom is 0.339 e. The molecule has 0 N–H and O–H groups in total. The molecule has 0 atom stereocenters. The van der Waals surface area contributed by atoms with Crippen LogP contribution >= 0.6 is 11.6 Å². The number of aromatic nitrogens is 2. The number of carbonyl (C=O) groups is 1. The summed E-state index contributed by atoms with van der Waals surface area (Å²) in [6, 6.07) is 10.0. The predicted octanol–water partition coefficient (Wildman–Crippen LogP) is 4.96. The van der Waals surface area contributed by atoms with Gasteiger partial charge in [-0.05, 0) is 55.5 Å². The topological polar surface area (TPSA) is 55.3 Å². The molecule has 1 aromatic carbocycles. The van der Waals surface area contributed by atoms with Crippen LogP contribution in [0.15, 0.2) is 36.5 Å². The minimum absolute atomic E-state index is 0.374. The highest BCUT2D eigenvalue weighted by Gasteiger charge is 2.19. The third-order valence-corrected chi connectivity index (χ3v) is 5.74. The highest BCUT2D eigenvalue weighted by Crippen LogP contribution is 2.28. The first kappa shape index (κ1) is 19.6. The Hall–Kier alpha value is -2.66. The average Bonchev–Trinajstić information content (AvgIpc) is 2.74. The number of piperidine rings is 1. The fourth-order valence-electron chi connectivity index (χ4n) is 4.08. The minimum Gasteiger partial charge on any atom is -0.465 e. The van der Waals surface area contributed by atoms with E-state index in [0.29, 0.717) is 28.2 Å². The second-order valence-corrected chi connectivity index (χ2v) is 7.88. The fraction of sp³-hybridized carbons (Fsp3) is 0.348. The number of aryl methyl sites for hydroxylation is 1. The van der Waals surface area contributed by atoms with Crippen molar-refractivity contribution in [2.45, 2.75) is 32.6 Å². The Kier molecular flexibility index (Phi) is 5.67. The molecule has 0 saturated carbocycles. The number of hydrogen-bond donors (Lipinski definition) is 0. The molecule has 4 rings (SSSR count). The molecule has 6 heteroatoms. The average molecular weight is 410 g/mol. The predicted molar refractivity (Wildman–Crippen MR) is 116 cm³/mol. The lowest BCUT2D eigenvalue weighted by Crippen LogP contribution is -2.29. The van der Waals surface area contributed by atoms with Crippen molar-refractivity contribution < 1.29 is 9.53 Å². The van der Waals surface area contributed by atoms with Crippen molar-refractivity contribution in [3.05, 3.63) is 63.9 Å². The van der Waals surface area contributed by atoms with Gasteiger partial charge in [-0.25, -0.2) is 9.78 Å². The molecule has 150 valence electrons. The number of pyridine rings is 2. The summed E-state index contributed by atoms with van der Waals surface area (Å²) in [5.41, 5.74) is 6.21. The molecule has 2 aromatic heterocycles. The van der Waals surface area contributed by atoms with Gasteiger partial charge in [-0.2, -0.15) is 0 Å². The van der Waals surface area contributed by atoms with Crippen LogP contribution in [0.4, 0.5) is 5.69 Å². The Balaban J connectivity index is 1.74. The molecule has 1 fully saturated rings. The quantitative estimate of drug-likeness (QED) is 0.450. The van der Waals surface area contributed by atoms with Gasteiger partial charge in [0, 0.05) is 37.0 Å². The van der Waals surface area contributed by atoms with E-state index in [0.717, 1.165) is 24.2 Å². The Morgan fingerprint density at radius 3 is 2.69 bits per heavy atom. The molecule has 0 unspecified atom stereocenters. The maximum absolute atomic E-state index is 12.4. The summed E-state index contributed by atoms with van der Waals surface area (Å²) in [4.78, 5) is 23.6. The summed E-state index contributed by atoms with van der Waals surface area (Å²) in [6.45, 7) is 4.38. The van der Waals surface area contributed by atoms with Gasteiger partial charge in [0.2, 0.25) is 0 Å². The molecule has 1 aliphatic rings. The smallest absolute Gasteiger partial charge is 0.339 e. The summed E-state index contributed by atoms with van der Waals surface area (Å²) < 4.78 is 4.97. The minimum atomic E-state index is -0.419. The Labute approximate surface area is 175 Å². The summed E-state index contributed by atoms with van der Waals surface area (Å²) in [5, 5.41) is 0.374. The summed E-state index contributed by atoms with van der Waals surface area (Å²) in [5.74, 6) is -0.419. The van der Waals surface area contributed by atoms with E-state index < -0.39 is 5.97 Å². The van der Waals surface area contributed by atoms with E-state index in [1.807, 2.05) is 6.07 Å². The van der Waals surface area contributed by atoms with Crippen molar-refractivity contribution in [3.63, 3.8) is 0 Å². The van der Waals surface area contributed by atoms with E-state index in [2.05, 4.69) is 40.0 Å². The number of ether oxygens (including phenoxy) is 1. The second kappa shape index (κ2) is 8.37. The molecule has 3 heterocycles. The third kappa shape index (κ3) is 4.06. The zero-order chi connectivity index (χ0) is 20.4. The zero-order valence-electron chi connectivity index (χ0n) is 16.7. The standard InChI is InChI=1S/C23H24ClN3O2/c1-15-12-16(6-8-20(15)27-10-4-3-5-11-27)13-17-18(23(28)29-2)14-25-19-7-9-21(24)26-22(17)19/h6-9,12,14H,3-5,10-11,13H2,1-2H3. The molecular formula is C23H24ClN3O2. The second-order valence-electron chi connectivity index (χ2n) is 7.49. The van der Waals surface area contributed by atoms with Crippen LogP contribution in [-0.2, 0) is 11.2 Å². The number of nitrogens with zero attached hydrogens (tertiary/aromatic N) is 3. The molecule has 0 bridgehead atoms. The number of benzene rings is 1. The van der Waals surface area contributed by atoms with Crippen LogP contribution in [0.1, 0.15) is 46.3 Å². The van der Waals surface area contributed by atoms with E-state index >= 15 is 0 Å². The lowest BCUT2D eigenvalue weighted by molar-refractivity contribution is 0.0599. The largest absolute Gasteiger partial charge is 0.465 e. The summed E-state index contributed by atoms with van der Waals surface area (Å²) in [7, 11) is 1.37. The lowest BCUT2D eigenvalue weighted by Gasteiger charge is -2.30. The van der Waals surface area contributed by atoms with E-state index in [1.165, 1.54) is 37.6 Å². The number of esters is 1. The highest BCUT2D eigenvalue weighted by molar-refractivity contribution is 6.29. The van der Waals surface area contributed by atoms with Crippen molar-refractivity contribution >= 4 is 34.3 Å². The lowest BCUT2D eigenvalue weighted by atomic mass is 9.97. The number of rotatable bonds is 4. The van der Waals surface area contributed by atoms with Gasteiger partial charge < -0.3 is 9.64 Å². The van der Waals surface area contributed by atoms with Gasteiger partial charge >= 0.3 is 5.97 Å². The van der Waals surface area contributed by atoms with Crippen molar-refractivity contribution in [1.82, 2.24) is 9.97 Å². The van der Waals surface area contributed by atoms with Gasteiger partial charge in [-0.3, -0.25) is 4.98 Å². The van der Waals surface area contributed by atoms with Crippen molar-refractivity contribution in [3.8, 4) is 0 Å². The SMILES string of the molecule is COC(=O)c1cnc2ccc(Cl)nc2c1Cc1ccc(N2CCCCC2)c(C)c1. The van der Waals surface area contributed by atoms with Gasteiger partial charge in [0.1, 0.15) is 5.15 Å². The highest BCUT2D eigenvalue weighted by atomic mass is 35.5. The number of hydrogen-bond acceptors (Lipinski definition) is 5. The fourth-order valence-corrected chi connectivity index (χ4v) is 4.23. The third-order valence-electron chi connectivity index (χ3n) is 5.53. The van der Waals surface area contributed by atoms with Crippen molar-refractivity contribution in [2.75, 3.05) is 25.1 Å². The molecule has 5 nitrogen and oxygen atoms in total. The maximum atomic E-state index is 12.4. The van der Waals surface area contributed by atoms with Crippen LogP contribution in [0.5, 0.6) is 0 Å². The number of fused-ring (bicyclic) bond motifs is 1. The Morgan fingerprint density at radius 2 is 1.97 bits per heavy atom. The molecule has 1 saturated heterocycles. The van der Waals surface area contributed by atoms with Crippen LogP contribution in [0.3, 0.4) is 0 Å². The molecule has 0 amide bonds. The van der Waals surface area contributed by atoms with Crippen LogP contribution in [0, 0.1) is 6.92 Å². The first-order chi connectivity index (χ1) is 14.1. The molecule has 29 heavy (non-hydrogen) atoms. The molecule has 0 spiro atoms. The van der Waals surface area contributed by atoms with Gasteiger partial charge in [-0.1, -0.05) is 23.7 Å². The van der Waals surface area contributed by atoms with E-state index in [4.69, 9.17) is 16.3 Å². The number of halogens is 1. The van der Waals surface area contributed by atoms with Gasteiger partial charge in [0.15, 0.2) is 0 Å². The van der Waals surface area contributed by atoms with Crippen LogP contribution in [-0.4, -0.2) is 36.1 Å². The van der Waals surface area contributed by atoms with Gasteiger partial charge in [0.25, 0.3) is 0 Å². The molecule has 3 aromatic rings. The van der Waals surface area contributed by atoms with Gasteiger partial charge in [0.05, 0.1) is 23.7 Å². The Bertz CT molecular complexity index is 1060. The van der Waals surface area contributed by atoms with Crippen molar-refractivity contribution in [1.29, 1.82) is 0 Å². The first-order valence-corrected chi connectivity index (χ1v) is 10.3. The molecule has 1 aliphatic heterocycles. The van der Waals surface area contributed by atoms with E-state index in [-0.39, 0.29) is 0 Å². The number of carbonyl (C=O) groups excluding carboxylic acids is 1. The summed E-state index contributed by atoms with van der Waals surface area (Å²) in [6.07, 6.45) is 5.93. The van der Waals surface area contributed by atoms with Crippen LogP contribution < -0.4 is 4.90 Å². The molecular weight excluding hydrogens is 386 g/mol. The zero-order valence-corrected chi connectivity index (χ0v) is 17.5.